The lowest BCUT2D eigenvalue weighted by Gasteiger charge is -2.09. The van der Waals surface area contributed by atoms with Gasteiger partial charge in [0.15, 0.2) is 5.82 Å². The van der Waals surface area contributed by atoms with E-state index in [1.54, 1.807) is 23.0 Å². The number of nitrogens with one attached hydrogen (secondary N) is 1. The van der Waals surface area contributed by atoms with Crippen molar-refractivity contribution in [1.82, 2.24) is 14.6 Å². The van der Waals surface area contributed by atoms with Gasteiger partial charge in [-0.25, -0.2) is 9.50 Å². The van der Waals surface area contributed by atoms with E-state index in [0.29, 0.717) is 18.8 Å². The molecule has 6 heteroatoms. The molecule has 1 aromatic carbocycles. The molecule has 3 aromatic rings. The van der Waals surface area contributed by atoms with Crippen molar-refractivity contribution in [3.8, 4) is 5.75 Å². The van der Waals surface area contributed by atoms with Crippen LogP contribution in [0.3, 0.4) is 0 Å². The van der Waals surface area contributed by atoms with Crippen LogP contribution in [-0.4, -0.2) is 27.7 Å². The summed E-state index contributed by atoms with van der Waals surface area (Å²) in [4.78, 5) is 4.29. The van der Waals surface area contributed by atoms with Crippen LogP contribution in [0.1, 0.15) is 0 Å². The van der Waals surface area contributed by atoms with E-state index in [1.807, 2.05) is 30.5 Å². The van der Waals surface area contributed by atoms with Crippen molar-refractivity contribution in [3.63, 3.8) is 0 Å². The molecule has 3 rings (SSSR count). The Hall–Kier alpha value is -2.76. The summed E-state index contributed by atoms with van der Waals surface area (Å²) in [7, 11) is 0. The highest BCUT2D eigenvalue weighted by molar-refractivity contribution is 5.66. The summed E-state index contributed by atoms with van der Waals surface area (Å²) in [6.45, 7) is 1.17. The molecule has 0 radical (unpaired) electrons. The molecule has 20 heavy (non-hydrogen) atoms. The van der Waals surface area contributed by atoms with Gasteiger partial charge in [-0.3, -0.25) is 0 Å². The minimum Gasteiger partial charge on any atom is -0.492 e. The average Bonchev–Trinajstić information content (AvgIpc) is 2.93. The number of nitrogens with zero attached hydrogens (tertiary/aromatic N) is 3. The van der Waals surface area contributed by atoms with Crippen LogP contribution in [0, 0.1) is 0 Å². The minimum absolute atomic E-state index is 0.528. The Kier molecular flexibility index (Phi) is 3.36. The maximum Gasteiger partial charge on any atom is 0.152 e. The van der Waals surface area contributed by atoms with Crippen LogP contribution in [0.2, 0.25) is 0 Å². The Bertz CT molecular complexity index is 709. The van der Waals surface area contributed by atoms with E-state index >= 15 is 0 Å². The van der Waals surface area contributed by atoms with Crippen molar-refractivity contribution in [2.75, 3.05) is 24.2 Å². The average molecular weight is 269 g/mol. The molecule has 0 amide bonds. The summed E-state index contributed by atoms with van der Waals surface area (Å²) in [5.74, 6) is 1.56. The third-order valence-electron chi connectivity index (χ3n) is 2.85. The van der Waals surface area contributed by atoms with Gasteiger partial charge in [-0.05, 0) is 18.2 Å². The third-order valence-corrected chi connectivity index (χ3v) is 2.85. The molecule has 0 aliphatic rings. The van der Waals surface area contributed by atoms with Gasteiger partial charge in [0.2, 0.25) is 0 Å². The van der Waals surface area contributed by atoms with Gasteiger partial charge in [0.25, 0.3) is 0 Å². The van der Waals surface area contributed by atoms with Gasteiger partial charge in [-0.1, -0.05) is 6.07 Å². The number of ether oxygens (including phenoxy) is 1. The highest BCUT2D eigenvalue weighted by Crippen LogP contribution is 2.15. The van der Waals surface area contributed by atoms with Crippen LogP contribution < -0.4 is 15.8 Å². The predicted octanol–water partition coefficient (Wildman–Crippen LogP) is 1.80. The van der Waals surface area contributed by atoms with E-state index in [9.17, 15) is 0 Å². The number of nitrogens with two attached hydrogens (primary N) is 1. The Morgan fingerprint density at radius 3 is 3.10 bits per heavy atom. The second-order valence-corrected chi connectivity index (χ2v) is 4.28. The number of hydrogen-bond donors (Lipinski definition) is 2. The molecule has 0 bridgehead atoms. The summed E-state index contributed by atoms with van der Waals surface area (Å²) in [5, 5.41) is 7.39. The van der Waals surface area contributed by atoms with E-state index in [1.165, 1.54) is 0 Å². The number of anilines is 2. The monoisotopic (exact) mass is 269 g/mol. The zero-order valence-electron chi connectivity index (χ0n) is 10.9. The fourth-order valence-electron chi connectivity index (χ4n) is 1.94. The summed E-state index contributed by atoms with van der Waals surface area (Å²) in [6.07, 6.45) is 5.26. The van der Waals surface area contributed by atoms with Gasteiger partial charge in [0.05, 0.1) is 12.7 Å². The number of fused-ring (bicyclic) bond motifs is 1. The molecule has 0 saturated heterocycles. The molecule has 2 heterocycles. The zero-order chi connectivity index (χ0) is 13.8. The fraction of sp³-hybridized carbons (Fsp3) is 0.143. The van der Waals surface area contributed by atoms with Crippen LogP contribution >= 0.6 is 0 Å². The van der Waals surface area contributed by atoms with Crippen molar-refractivity contribution >= 4 is 17.0 Å². The summed E-state index contributed by atoms with van der Waals surface area (Å²) >= 11 is 0. The number of benzene rings is 1. The molecule has 0 aliphatic heterocycles. The fourth-order valence-corrected chi connectivity index (χ4v) is 1.94. The van der Waals surface area contributed by atoms with Gasteiger partial charge in [-0.15, -0.1) is 0 Å². The molecule has 0 saturated carbocycles. The molecule has 6 nitrogen and oxygen atoms in total. The summed E-state index contributed by atoms with van der Waals surface area (Å²) in [6, 6.07) is 9.29. The SMILES string of the molecule is Nc1cccc(OCCNc2nccn3nccc23)c1. The first-order valence-corrected chi connectivity index (χ1v) is 6.33. The first-order chi connectivity index (χ1) is 9.83. The molecule has 2 aromatic heterocycles. The molecule has 0 unspecified atom stereocenters. The number of aromatic nitrogens is 3. The molecule has 102 valence electrons. The Morgan fingerprint density at radius 2 is 2.20 bits per heavy atom. The van der Waals surface area contributed by atoms with Crippen LogP contribution in [0.25, 0.3) is 5.52 Å². The second kappa shape index (κ2) is 5.48. The number of nitrogen functional groups attached to an aromatic ring is 1. The summed E-state index contributed by atoms with van der Waals surface area (Å²) < 4.78 is 7.38. The highest BCUT2D eigenvalue weighted by Gasteiger charge is 2.02. The first kappa shape index (κ1) is 12.3. The molecular weight excluding hydrogens is 254 g/mol. The Balaban J connectivity index is 1.56. The van der Waals surface area contributed by atoms with Crippen LogP contribution in [0.4, 0.5) is 11.5 Å². The topological polar surface area (TPSA) is 77.5 Å². The van der Waals surface area contributed by atoms with Crippen molar-refractivity contribution in [2.45, 2.75) is 0 Å². The smallest absolute Gasteiger partial charge is 0.152 e. The van der Waals surface area contributed by atoms with Gasteiger partial charge >= 0.3 is 0 Å². The Morgan fingerprint density at radius 1 is 1.25 bits per heavy atom. The third kappa shape index (κ3) is 2.64. The zero-order valence-corrected chi connectivity index (χ0v) is 10.9. The van der Waals surface area contributed by atoms with Crippen molar-refractivity contribution in [3.05, 3.63) is 48.9 Å². The minimum atomic E-state index is 0.528. The quantitative estimate of drug-likeness (QED) is 0.545. The lowest BCUT2D eigenvalue weighted by Crippen LogP contribution is -2.13. The lowest BCUT2D eigenvalue weighted by molar-refractivity contribution is 0.333. The summed E-state index contributed by atoms with van der Waals surface area (Å²) in [5.41, 5.74) is 7.33. The molecule has 0 aliphatic carbocycles. The first-order valence-electron chi connectivity index (χ1n) is 6.33. The van der Waals surface area contributed by atoms with Crippen molar-refractivity contribution in [1.29, 1.82) is 0 Å². The standard InChI is InChI=1S/C14H15N5O/c15-11-2-1-3-12(10-11)20-9-7-17-14-13-4-5-18-19(13)8-6-16-14/h1-6,8,10H,7,9,15H2,(H,16,17). The van der Waals surface area contributed by atoms with Gasteiger partial charge in [0.1, 0.15) is 17.9 Å². The maximum absolute atomic E-state index is 5.69. The largest absolute Gasteiger partial charge is 0.492 e. The molecule has 3 N–H and O–H groups in total. The van der Waals surface area contributed by atoms with Crippen molar-refractivity contribution < 1.29 is 4.74 Å². The van der Waals surface area contributed by atoms with E-state index < -0.39 is 0 Å². The van der Waals surface area contributed by atoms with Gasteiger partial charge in [-0.2, -0.15) is 5.10 Å². The molecule has 0 atom stereocenters. The maximum atomic E-state index is 5.69. The van der Waals surface area contributed by atoms with Crippen molar-refractivity contribution in [2.24, 2.45) is 0 Å². The van der Waals surface area contributed by atoms with Crippen LogP contribution in [0.15, 0.2) is 48.9 Å². The number of hydrogen-bond acceptors (Lipinski definition) is 5. The molecule has 0 fully saturated rings. The van der Waals surface area contributed by atoms with Crippen LogP contribution in [-0.2, 0) is 0 Å². The van der Waals surface area contributed by atoms with E-state index in [2.05, 4.69) is 15.4 Å². The van der Waals surface area contributed by atoms with Crippen LogP contribution in [0.5, 0.6) is 5.75 Å². The van der Waals surface area contributed by atoms with Gasteiger partial charge in [0, 0.05) is 24.1 Å². The van der Waals surface area contributed by atoms with E-state index in [-0.39, 0.29) is 0 Å². The Labute approximate surface area is 116 Å². The van der Waals surface area contributed by atoms with E-state index in [4.69, 9.17) is 10.5 Å². The highest BCUT2D eigenvalue weighted by atomic mass is 16.5. The normalized spacial score (nSPS) is 10.6. The second-order valence-electron chi connectivity index (χ2n) is 4.28. The number of rotatable bonds is 5. The lowest BCUT2D eigenvalue weighted by atomic mass is 10.3. The molecule has 0 spiro atoms. The van der Waals surface area contributed by atoms with E-state index in [0.717, 1.165) is 17.1 Å². The molecular formula is C14H15N5O. The van der Waals surface area contributed by atoms with Gasteiger partial charge < -0.3 is 15.8 Å². The predicted molar refractivity (Wildman–Crippen MR) is 77.8 cm³/mol.